The molecule has 0 bridgehead atoms. The van der Waals surface area contributed by atoms with Gasteiger partial charge in [0.15, 0.2) is 5.00 Å². The molecule has 0 saturated heterocycles. The van der Waals surface area contributed by atoms with Crippen molar-refractivity contribution in [2.45, 2.75) is 50.3 Å². The first kappa shape index (κ1) is 17.9. The number of hydrogen-bond donors (Lipinski definition) is 2. The molecule has 0 fully saturated rings. The highest BCUT2D eigenvalue weighted by Crippen LogP contribution is 2.37. The Balaban J connectivity index is 3.20. The molecule has 1 aromatic heterocycles. The van der Waals surface area contributed by atoms with Gasteiger partial charge in [-0.25, -0.2) is 13.1 Å². The molecule has 0 radical (unpaired) electrons. The van der Waals surface area contributed by atoms with Crippen LogP contribution in [0.1, 0.15) is 40.5 Å². The van der Waals surface area contributed by atoms with Crippen LogP contribution in [0.15, 0.2) is 10.3 Å². The van der Waals surface area contributed by atoms with Crippen LogP contribution in [0.3, 0.4) is 0 Å². The molecule has 1 aromatic rings. The van der Waals surface area contributed by atoms with Crippen LogP contribution < -0.4 is 10.0 Å². The molecule has 1 heterocycles. The van der Waals surface area contributed by atoms with Crippen LogP contribution in [0.25, 0.3) is 0 Å². The van der Waals surface area contributed by atoms with E-state index < -0.39 is 20.5 Å². The fraction of sp³-hybridized carbons (Fsp3) is 0.667. The number of thiophene rings is 1. The summed E-state index contributed by atoms with van der Waals surface area (Å²) >= 11 is 0.878. The van der Waals surface area contributed by atoms with Gasteiger partial charge < -0.3 is 5.32 Å². The van der Waals surface area contributed by atoms with Crippen molar-refractivity contribution >= 4 is 32.0 Å². The smallest absolute Gasteiger partial charge is 0.304 e. The maximum absolute atomic E-state index is 12.4. The van der Waals surface area contributed by atoms with Crippen molar-refractivity contribution in [3.63, 3.8) is 0 Å². The quantitative estimate of drug-likeness (QED) is 0.562. The van der Waals surface area contributed by atoms with E-state index in [1.807, 2.05) is 20.8 Å². The number of hydrogen-bond acceptors (Lipinski definition) is 6. The van der Waals surface area contributed by atoms with Crippen molar-refractivity contribution in [3.05, 3.63) is 16.2 Å². The predicted molar refractivity (Wildman–Crippen MR) is 84.4 cm³/mol. The average molecular weight is 335 g/mol. The van der Waals surface area contributed by atoms with Gasteiger partial charge in [0.2, 0.25) is 0 Å². The van der Waals surface area contributed by atoms with E-state index in [0.717, 1.165) is 17.4 Å². The Morgan fingerprint density at radius 3 is 2.33 bits per heavy atom. The van der Waals surface area contributed by atoms with Gasteiger partial charge in [-0.05, 0) is 26.7 Å². The SMILES string of the molecule is CCNc1sc(S(=O)(=O)NC(C)(CC)CC)cc1[N+](=O)[O-]. The van der Waals surface area contributed by atoms with Gasteiger partial charge >= 0.3 is 5.69 Å². The Kier molecular flexibility index (Phi) is 5.71. The summed E-state index contributed by atoms with van der Waals surface area (Å²) in [6.07, 6.45) is 1.27. The van der Waals surface area contributed by atoms with Crippen molar-refractivity contribution in [2.75, 3.05) is 11.9 Å². The summed E-state index contributed by atoms with van der Waals surface area (Å²) in [5.74, 6) is 0. The standard InChI is InChI=1S/C12H21N3O4S2/c1-5-12(4,6-2)14-21(18,19)10-8-9(15(16)17)11(20-10)13-7-3/h8,13-14H,5-7H2,1-4H3. The van der Waals surface area contributed by atoms with E-state index in [4.69, 9.17) is 0 Å². The van der Waals surface area contributed by atoms with Crippen LogP contribution in [0.4, 0.5) is 10.7 Å². The first-order valence-corrected chi connectivity index (χ1v) is 9.05. The third kappa shape index (κ3) is 4.14. The molecule has 0 spiro atoms. The van der Waals surface area contributed by atoms with E-state index in [9.17, 15) is 18.5 Å². The van der Waals surface area contributed by atoms with Gasteiger partial charge in [0.1, 0.15) is 4.21 Å². The highest BCUT2D eigenvalue weighted by atomic mass is 32.2. The summed E-state index contributed by atoms with van der Waals surface area (Å²) in [7, 11) is -3.77. The number of nitrogens with one attached hydrogen (secondary N) is 2. The molecule has 0 aromatic carbocycles. The third-order valence-corrected chi connectivity index (χ3v) is 6.62. The van der Waals surface area contributed by atoms with E-state index in [2.05, 4.69) is 10.0 Å². The summed E-state index contributed by atoms with van der Waals surface area (Å²) in [6, 6.07) is 1.11. The van der Waals surface area contributed by atoms with Gasteiger partial charge in [0.25, 0.3) is 10.0 Å². The number of nitrogens with zero attached hydrogens (tertiary/aromatic N) is 1. The molecule has 0 aliphatic carbocycles. The topological polar surface area (TPSA) is 101 Å². The zero-order chi connectivity index (χ0) is 16.3. The Morgan fingerprint density at radius 1 is 1.33 bits per heavy atom. The number of sulfonamides is 1. The molecule has 21 heavy (non-hydrogen) atoms. The summed E-state index contributed by atoms with van der Waals surface area (Å²) in [5.41, 5.74) is -0.771. The second-order valence-electron chi connectivity index (χ2n) is 4.94. The molecule has 0 saturated carbocycles. The van der Waals surface area contributed by atoms with Crippen molar-refractivity contribution < 1.29 is 13.3 Å². The Hall–Kier alpha value is -1.19. The largest absolute Gasteiger partial charge is 0.372 e. The maximum Gasteiger partial charge on any atom is 0.304 e. The molecule has 0 unspecified atom stereocenters. The first-order chi connectivity index (χ1) is 9.69. The van der Waals surface area contributed by atoms with Gasteiger partial charge in [0.05, 0.1) is 4.92 Å². The predicted octanol–water partition coefficient (Wildman–Crippen LogP) is 2.95. The lowest BCUT2D eigenvalue weighted by atomic mass is 9.98. The molecule has 120 valence electrons. The van der Waals surface area contributed by atoms with Crippen LogP contribution in [0.2, 0.25) is 0 Å². The van der Waals surface area contributed by atoms with Gasteiger partial charge in [-0.15, -0.1) is 0 Å². The number of nitro groups is 1. The second kappa shape index (κ2) is 6.71. The summed E-state index contributed by atoms with van der Waals surface area (Å²) in [4.78, 5) is 10.4. The molecule has 9 heteroatoms. The highest BCUT2D eigenvalue weighted by molar-refractivity contribution is 7.91. The van der Waals surface area contributed by atoms with Crippen LogP contribution in [0.5, 0.6) is 0 Å². The van der Waals surface area contributed by atoms with Gasteiger partial charge in [-0.2, -0.15) is 0 Å². The zero-order valence-electron chi connectivity index (χ0n) is 12.6. The van der Waals surface area contributed by atoms with E-state index >= 15 is 0 Å². The van der Waals surface area contributed by atoms with E-state index in [1.54, 1.807) is 6.92 Å². The Morgan fingerprint density at radius 2 is 1.90 bits per heavy atom. The van der Waals surface area contributed by atoms with Gasteiger partial charge in [0, 0.05) is 18.2 Å². The molecule has 0 atom stereocenters. The molecule has 2 N–H and O–H groups in total. The van der Waals surface area contributed by atoms with Crippen LogP contribution in [-0.4, -0.2) is 25.4 Å². The van der Waals surface area contributed by atoms with Crippen LogP contribution >= 0.6 is 11.3 Å². The summed E-state index contributed by atoms with van der Waals surface area (Å²) in [6.45, 7) is 7.88. The van der Waals surface area contributed by atoms with E-state index in [-0.39, 0.29) is 14.9 Å². The third-order valence-electron chi connectivity index (χ3n) is 3.43. The lowest BCUT2D eigenvalue weighted by Crippen LogP contribution is -2.44. The van der Waals surface area contributed by atoms with Gasteiger partial charge in [-0.1, -0.05) is 25.2 Å². The Labute approximate surface area is 129 Å². The molecule has 0 aliphatic rings. The highest BCUT2D eigenvalue weighted by Gasteiger charge is 2.31. The van der Waals surface area contributed by atoms with Gasteiger partial charge in [-0.3, -0.25) is 10.1 Å². The number of anilines is 1. The average Bonchev–Trinajstić information content (AvgIpc) is 2.83. The minimum absolute atomic E-state index is 0.0433. The zero-order valence-corrected chi connectivity index (χ0v) is 14.2. The van der Waals surface area contributed by atoms with Crippen molar-refractivity contribution in [1.82, 2.24) is 4.72 Å². The van der Waals surface area contributed by atoms with Crippen LogP contribution in [0, 0.1) is 10.1 Å². The molecule has 0 aliphatic heterocycles. The van der Waals surface area contributed by atoms with E-state index in [1.165, 1.54) is 0 Å². The second-order valence-corrected chi connectivity index (χ2v) is 7.90. The Bertz CT molecular complexity index is 606. The first-order valence-electron chi connectivity index (χ1n) is 6.75. The van der Waals surface area contributed by atoms with E-state index in [0.29, 0.717) is 19.4 Å². The summed E-state index contributed by atoms with van der Waals surface area (Å²) < 4.78 is 27.4. The molecule has 7 nitrogen and oxygen atoms in total. The molecular weight excluding hydrogens is 314 g/mol. The van der Waals surface area contributed by atoms with Crippen molar-refractivity contribution in [1.29, 1.82) is 0 Å². The number of rotatable bonds is 8. The maximum atomic E-state index is 12.4. The van der Waals surface area contributed by atoms with Crippen molar-refractivity contribution in [2.24, 2.45) is 0 Å². The molecular formula is C12H21N3O4S2. The van der Waals surface area contributed by atoms with Crippen LogP contribution in [-0.2, 0) is 10.0 Å². The lowest BCUT2D eigenvalue weighted by molar-refractivity contribution is -0.383. The summed E-state index contributed by atoms with van der Waals surface area (Å²) in [5, 5.41) is 14.1. The van der Waals surface area contributed by atoms with Crippen molar-refractivity contribution in [3.8, 4) is 0 Å². The lowest BCUT2D eigenvalue weighted by Gasteiger charge is -2.27. The fourth-order valence-electron chi connectivity index (χ4n) is 1.68. The minimum atomic E-state index is -3.77. The minimum Gasteiger partial charge on any atom is -0.372 e. The molecule has 1 rings (SSSR count). The fourth-order valence-corrected chi connectivity index (χ4v) is 4.63. The normalized spacial score (nSPS) is 12.4. The monoisotopic (exact) mass is 335 g/mol. The molecule has 0 amide bonds.